The lowest BCUT2D eigenvalue weighted by molar-refractivity contribution is -0.141. The summed E-state index contributed by atoms with van der Waals surface area (Å²) in [6, 6.07) is -0.792. The number of hydrogen-bond donors (Lipinski definition) is 3. The number of amides is 1. The second-order valence-electron chi connectivity index (χ2n) is 4.47. The Labute approximate surface area is 90.2 Å². The highest BCUT2D eigenvalue weighted by Gasteiger charge is 2.18. The third-order valence-electron chi connectivity index (χ3n) is 1.82. The van der Waals surface area contributed by atoms with Gasteiger partial charge in [-0.15, -0.1) is 0 Å². The number of carbonyl (C=O) groups excluding carboxylic acids is 1. The zero-order valence-corrected chi connectivity index (χ0v) is 9.76. The topological polar surface area (TPSA) is 78.4 Å². The standard InChI is InChI=1S/C10H20N2O3/c1-5-7(9(14)15)12-8(13)6-11-10(2,3)4/h7,11H,5-6H2,1-4H3,(H,12,13)(H,14,15)/t7-/m0/s1. The summed E-state index contributed by atoms with van der Waals surface area (Å²) in [5, 5.41) is 14.1. The molecular formula is C10H20N2O3. The second-order valence-corrected chi connectivity index (χ2v) is 4.47. The van der Waals surface area contributed by atoms with Crippen LogP contribution in [-0.2, 0) is 9.59 Å². The molecule has 0 aromatic heterocycles. The van der Waals surface area contributed by atoms with Gasteiger partial charge in [-0.05, 0) is 27.2 Å². The first-order valence-corrected chi connectivity index (χ1v) is 5.03. The van der Waals surface area contributed by atoms with Crippen molar-refractivity contribution in [2.24, 2.45) is 0 Å². The molecule has 0 aromatic rings. The summed E-state index contributed by atoms with van der Waals surface area (Å²) in [5.74, 6) is -1.29. The zero-order valence-electron chi connectivity index (χ0n) is 9.76. The number of nitrogens with one attached hydrogen (secondary N) is 2. The summed E-state index contributed by atoms with van der Waals surface area (Å²) in [7, 11) is 0. The van der Waals surface area contributed by atoms with Gasteiger partial charge >= 0.3 is 5.97 Å². The molecule has 1 amide bonds. The molecule has 0 saturated heterocycles. The van der Waals surface area contributed by atoms with Crippen LogP contribution in [-0.4, -0.2) is 35.1 Å². The lowest BCUT2D eigenvalue weighted by atomic mass is 10.1. The van der Waals surface area contributed by atoms with E-state index in [1.54, 1.807) is 6.92 Å². The normalized spacial score (nSPS) is 13.3. The molecule has 88 valence electrons. The van der Waals surface area contributed by atoms with Gasteiger partial charge in [0.1, 0.15) is 6.04 Å². The van der Waals surface area contributed by atoms with Gasteiger partial charge in [0.05, 0.1) is 6.54 Å². The minimum Gasteiger partial charge on any atom is -0.480 e. The maximum atomic E-state index is 11.3. The second kappa shape index (κ2) is 5.70. The van der Waals surface area contributed by atoms with Crippen LogP contribution in [0.4, 0.5) is 0 Å². The molecule has 0 aliphatic rings. The number of hydrogen-bond acceptors (Lipinski definition) is 3. The van der Waals surface area contributed by atoms with Crippen LogP contribution < -0.4 is 10.6 Å². The van der Waals surface area contributed by atoms with Gasteiger partial charge in [0.15, 0.2) is 0 Å². The van der Waals surface area contributed by atoms with E-state index in [1.807, 2.05) is 20.8 Å². The molecule has 5 nitrogen and oxygen atoms in total. The Kier molecular flexibility index (Phi) is 5.28. The van der Waals surface area contributed by atoms with Gasteiger partial charge in [-0.2, -0.15) is 0 Å². The predicted octanol–water partition coefficient (Wildman–Crippen LogP) is 0.354. The van der Waals surface area contributed by atoms with Gasteiger partial charge in [0.2, 0.25) is 5.91 Å². The Morgan fingerprint density at radius 1 is 1.33 bits per heavy atom. The number of carbonyl (C=O) groups is 2. The summed E-state index contributed by atoms with van der Waals surface area (Å²) in [6.07, 6.45) is 0.386. The van der Waals surface area contributed by atoms with Crippen LogP contribution in [0.5, 0.6) is 0 Å². The first-order chi connectivity index (χ1) is 6.76. The van der Waals surface area contributed by atoms with Crippen molar-refractivity contribution in [1.29, 1.82) is 0 Å². The van der Waals surface area contributed by atoms with E-state index < -0.39 is 12.0 Å². The lowest BCUT2D eigenvalue weighted by Gasteiger charge is -2.21. The van der Waals surface area contributed by atoms with Crippen molar-refractivity contribution in [2.45, 2.75) is 45.7 Å². The van der Waals surface area contributed by atoms with E-state index in [0.717, 1.165) is 0 Å². The number of carboxylic acid groups (broad SMARTS) is 1. The summed E-state index contributed by atoms with van der Waals surface area (Å²) < 4.78 is 0. The molecule has 0 aromatic carbocycles. The molecule has 0 saturated carbocycles. The Hall–Kier alpha value is -1.10. The highest BCUT2D eigenvalue weighted by atomic mass is 16.4. The molecule has 0 heterocycles. The van der Waals surface area contributed by atoms with Crippen LogP contribution in [0.15, 0.2) is 0 Å². The van der Waals surface area contributed by atoms with E-state index in [-0.39, 0.29) is 18.0 Å². The minimum absolute atomic E-state index is 0.132. The first-order valence-electron chi connectivity index (χ1n) is 5.03. The van der Waals surface area contributed by atoms with Crippen molar-refractivity contribution >= 4 is 11.9 Å². The molecule has 3 N–H and O–H groups in total. The highest BCUT2D eigenvalue weighted by Crippen LogP contribution is 1.97. The zero-order chi connectivity index (χ0) is 12.1. The fourth-order valence-corrected chi connectivity index (χ4v) is 0.929. The fourth-order valence-electron chi connectivity index (χ4n) is 0.929. The van der Waals surface area contributed by atoms with E-state index in [1.165, 1.54) is 0 Å². The largest absolute Gasteiger partial charge is 0.480 e. The maximum Gasteiger partial charge on any atom is 0.326 e. The molecular weight excluding hydrogens is 196 g/mol. The van der Waals surface area contributed by atoms with E-state index >= 15 is 0 Å². The molecule has 0 aliphatic heterocycles. The van der Waals surface area contributed by atoms with Crippen molar-refractivity contribution in [1.82, 2.24) is 10.6 Å². The highest BCUT2D eigenvalue weighted by molar-refractivity contribution is 5.84. The average molecular weight is 216 g/mol. The van der Waals surface area contributed by atoms with Crippen molar-refractivity contribution in [3.63, 3.8) is 0 Å². The van der Waals surface area contributed by atoms with Crippen molar-refractivity contribution in [3.05, 3.63) is 0 Å². The third kappa shape index (κ3) is 6.90. The molecule has 5 heteroatoms. The molecule has 0 fully saturated rings. The quantitative estimate of drug-likeness (QED) is 0.620. The van der Waals surface area contributed by atoms with Gasteiger partial charge in [-0.25, -0.2) is 4.79 Å². The predicted molar refractivity (Wildman–Crippen MR) is 57.6 cm³/mol. The minimum atomic E-state index is -0.999. The molecule has 0 radical (unpaired) electrons. The molecule has 15 heavy (non-hydrogen) atoms. The first kappa shape index (κ1) is 13.9. The molecule has 0 unspecified atom stereocenters. The summed E-state index contributed by atoms with van der Waals surface area (Å²) in [4.78, 5) is 22.0. The summed E-state index contributed by atoms with van der Waals surface area (Å²) in [6.45, 7) is 7.67. The van der Waals surface area contributed by atoms with Crippen LogP contribution >= 0.6 is 0 Å². The van der Waals surface area contributed by atoms with E-state index in [9.17, 15) is 9.59 Å². The maximum absolute atomic E-state index is 11.3. The van der Waals surface area contributed by atoms with Crippen molar-refractivity contribution in [3.8, 4) is 0 Å². The Bertz CT molecular complexity index is 233. The van der Waals surface area contributed by atoms with Gasteiger partial charge in [-0.1, -0.05) is 6.92 Å². The fraction of sp³-hybridized carbons (Fsp3) is 0.800. The lowest BCUT2D eigenvalue weighted by Crippen LogP contribution is -2.47. The molecule has 0 rings (SSSR count). The monoisotopic (exact) mass is 216 g/mol. The SMILES string of the molecule is CC[C@H](NC(=O)CNC(C)(C)C)C(=O)O. The molecule has 0 aliphatic carbocycles. The van der Waals surface area contributed by atoms with Gasteiger partial charge in [0, 0.05) is 5.54 Å². The smallest absolute Gasteiger partial charge is 0.326 e. The van der Waals surface area contributed by atoms with E-state index in [4.69, 9.17) is 5.11 Å². The molecule has 0 bridgehead atoms. The van der Waals surface area contributed by atoms with Crippen LogP contribution in [0.3, 0.4) is 0 Å². The van der Waals surface area contributed by atoms with Gasteiger partial charge in [-0.3, -0.25) is 4.79 Å². The van der Waals surface area contributed by atoms with Crippen LogP contribution in [0, 0.1) is 0 Å². The van der Waals surface area contributed by atoms with Crippen molar-refractivity contribution < 1.29 is 14.7 Å². The molecule has 0 spiro atoms. The Morgan fingerprint density at radius 3 is 2.20 bits per heavy atom. The van der Waals surface area contributed by atoms with Gasteiger partial charge in [0.25, 0.3) is 0 Å². The van der Waals surface area contributed by atoms with E-state index in [0.29, 0.717) is 6.42 Å². The Morgan fingerprint density at radius 2 is 1.87 bits per heavy atom. The number of rotatable bonds is 5. The average Bonchev–Trinajstić information content (AvgIpc) is 2.09. The van der Waals surface area contributed by atoms with Crippen LogP contribution in [0.25, 0.3) is 0 Å². The Balaban J connectivity index is 3.98. The number of carboxylic acids is 1. The summed E-state index contributed by atoms with van der Waals surface area (Å²) in [5.41, 5.74) is -0.151. The molecule has 1 atom stereocenters. The summed E-state index contributed by atoms with van der Waals surface area (Å²) >= 11 is 0. The van der Waals surface area contributed by atoms with Crippen molar-refractivity contribution in [2.75, 3.05) is 6.54 Å². The van der Waals surface area contributed by atoms with Crippen LogP contribution in [0.1, 0.15) is 34.1 Å². The third-order valence-corrected chi connectivity index (χ3v) is 1.82. The van der Waals surface area contributed by atoms with Gasteiger partial charge < -0.3 is 15.7 Å². The van der Waals surface area contributed by atoms with E-state index in [2.05, 4.69) is 10.6 Å². The number of aliphatic carboxylic acids is 1. The van der Waals surface area contributed by atoms with Crippen LogP contribution in [0.2, 0.25) is 0 Å².